The van der Waals surface area contributed by atoms with E-state index in [9.17, 15) is 4.39 Å². The van der Waals surface area contributed by atoms with Gasteiger partial charge in [-0.25, -0.2) is 4.39 Å². The summed E-state index contributed by atoms with van der Waals surface area (Å²) in [5, 5.41) is 2.99. The summed E-state index contributed by atoms with van der Waals surface area (Å²) >= 11 is 0. The molecule has 0 bridgehead atoms. The minimum atomic E-state index is -0.355. The van der Waals surface area contributed by atoms with E-state index in [1.807, 2.05) is 20.8 Å². The van der Waals surface area contributed by atoms with Crippen molar-refractivity contribution < 1.29 is 4.39 Å². The number of hydrogen-bond donors (Lipinski definition) is 1. The van der Waals surface area contributed by atoms with Crippen molar-refractivity contribution >= 4 is 5.69 Å². The summed E-state index contributed by atoms with van der Waals surface area (Å²) in [5.41, 5.74) is 1.79. The van der Waals surface area contributed by atoms with Gasteiger partial charge in [-0.2, -0.15) is 0 Å². The molecule has 1 N–H and O–H groups in total. The molecule has 1 aromatic carbocycles. The van der Waals surface area contributed by atoms with Gasteiger partial charge in [0.1, 0.15) is 5.82 Å². The Morgan fingerprint density at radius 3 is 2.71 bits per heavy atom. The van der Waals surface area contributed by atoms with E-state index in [-0.39, 0.29) is 11.2 Å². The number of benzene rings is 1. The first-order valence-electron chi connectivity index (χ1n) is 5.63. The van der Waals surface area contributed by atoms with Gasteiger partial charge >= 0.3 is 0 Å². The van der Waals surface area contributed by atoms with Crippen LogP contribution in [0.15, 0.2) is 30.4 Å². The fraction of sp³-hybridized carbons (Fsp3) is 0.333. The second-order valence-corrected chi connectivity index (χ2v) is 4.47. The lowest BCUT2D eigenvalue weighted by molar-refractivity contribution is 0.618. The number of terminal acetylenes is 1. The van der Waals surface area contributed by atoms with Crippen molar-refractivity contribution in [3.63, 3.8) is 0 Å². The van der Waals surface area contributed by atoms with Crippen LogP contribution in [0.2, 0.25) is 0 Å². The van der Waals surface area contributed by atoms with E-state index in [1.54, 1.807) is 12.1 Å². The molecule has 0 saturated heterocycles. The van der Waals surface area contributed by atoms with Crippen LogP contribution in [-0.4, -0.2) is 6.54 Å². The van der Waals surface area contributed by atoms with Crippen LogP contribution in [0, 0.1) is 18.2 Å². The topological polar surface area (TPSA) is 12.0 Å². The Morgan fingerprint density at radius 2 is 2.18 bits per heavy atom. The highest BCUT2D eigenvalue weighted by molar-refractivity contribution is 5.52. The first kappa shape index (κ1) is 13.3. The summed E-state index contributed by atoms with van der Waals surface area (Å²) in [6.45, 7) is 10.4. The third-order valence-electron chi connectivity index (χ3n) is 2.98. The Bertz CT molecular complexity index is 466. The monoisotopic (exact) mass is 231 g/mol. The van der Waals surface area contributed by atoms with Crippen LogP contribution in [-0.2, 0) is 5.41 Å². The molecular formula is C15H18FN. The predicted molar refractivity (Wildman–Crippen MR) is 71.6 cm³/mol. The molecule has 0 atom stereocenters. The molecule has 17 heavy (non-hydrogen) atoms. The van der Waals surface area contributed by atoms with Crippen molar-refractivity contribution in [3.05, 3.63) is 41.7 Å². The number of nitrogens with one attached hydrogen (secondary N) is 1. The second-order valence-electron chi connectivity index (χ2n) is 4.47. The average Bonchev–Trinajstić information content (AvgIpc) is 2.30. The molecule has 1 rings (SSSR count). The molecule has 0 aliphatic heterocycles. The molecule has 0 saturated carbocycles. The third kappa shape index (κ3) is 2.68. The van der Waals surface area contributed by atoms with Crippen molar-refractivity contribution in [1.82, 2.24) is 0 Å². The van der Waals surface area contributed by atoms with Gasteiger partial charge in [-0.3, -0.25) is 0 Å². The largest absolute Gasteiger partial charge is 0.383 e. The molecule has 0 unspecified atom stereocenters. The first-order valence-corrected chi connectivity index (χ1v) is 5.63. The molecule has 0 fully saturated rings. The van der Waals surface area contributed by atoms with Crippen molar-refractivity contribution in [1.29, 1.82) is 0 Å². The molecule has 0 aromatic heterocycles. The van der Waals surface area contributed by atoms with Crippen LogP contribution in [0.1, 0.15) is 26.3 Å². The lowest BCUT2D eigenvalue weighted by atomic mass is 9.78. The highest BCUT2D eigenvalue weighted by atomic mass is 19.1. The van der Waals surface area contributed by atoms with Gasteiger partial charge in [-0.05, 0) is 24.6 Å². The van der Waals surface area contributed by atoms with Gasteiger partial charge in [0, 0.05) is 17.5 Å². The summed E-state index contributed by atoms with van der Waals surface area (Å²) in [5.74, 6) is 2.31. The van der Waals surface area contributed by atoms with E-state index in [4.69, 9.17) is 6.42 Å². The van der Waals surface area contributed by atoms with Gasteiger partial charge in [-0.1, -0.05) is 32.4 Å². The molecule has 0 amide bonds. The average molecular weight is 231 g/mol. The van der Waals surface area contributed by atoms with Gasteiger partial charge in [0.25, 0.3) is 0 Å². The molecule has 90 valence electrons. The van der Waals surface area contributed by atoms with Crippen LogP contribution >= 0.6 is 0 Å². The van der Waals surface area contributed by atoms with Gasteiger partial charge in [0.2, 0.25) is 0 Å². The zero-order chi connectivity index (χ0) is 13.1. The molecule has 0 spiro atoms. The summed E-state index contributed by atoms with van der Waals surface area (Å²) in [6.07, 6.45) is 5.38. The van der Waals surface area contributed by atoms with E-state index in [0.717, 1.165) is 5.56 Å². The van der Waals surface area contributed by atoms with Gasteiger partial charge in [0.05, 0.1) is 5.69 Å². The van der Waals surface area contributed by atoms with E-state index in [2.05, 4.69) is 17.8 Å². The second kappa shape index (κ2) is 5.05. The highest BCUT2D eigenvalue weighted by Gasteiger charge is 2.24. The number of allylic oxidation sites excluding steroid dienone is 1. The van der Waals surface area contributed by atoms with Crippen LogP contribution in [0.3, 0.4) is 0 Å². The zero-order valence-corrected chi connectivity index (χ0v) is 10.6. The highest BCUT2D eigenvalue weighted by Crippen LogP contribution is 2.32. The number of halogens is 1. The Kier molecular flexibility index (Phi) is 3.96. The maximum absolute atomic E-state index is 13.5. The number of anilines is 1. The van der Waals surface area contributed by atoms with Crippen molar-refractivity contribution in [3.8, 4) is 12.3 Å². The SMILES string of the molecule is C#CC(=C)C(C)(C)c1ccc(F)c(NCC)c1. The van der Waals surface area contributed by atoms with Gasteiger partial charge < -0.3 is 5.32 Å². The van der Waals surface area contributed by atoms with Crippen LogP contribution in [0.25, 0.3) is 0 Å². The van der Waals surface area contributed by atoms with Crippen LogP contribution in [0.4, 0.5) is 10.1 Å². The fourth-order valence-corrected chi connectivity index (χ4v) is 1.59. The summed E-state index contributed by atoms with van der Waals surface area (Å²) in [6, 6.07) is 5.00. The first-order chi connectivity index (χ1) is 7.93. The maximum Gasteiger partial charge on any atom is 0.146 e. The number of rotatable bonds is 4. The maximum atomic E-state index is 13.5. The molecule has 0 aliphatic rings. The van der Waals surface area contributed by atoms with E-state index in [1.165, 1.54) is 6.07 Å². The zero-order valence-electron chi connectivity index (χ0n) is 10.6. The Balaban J connectivity index is 3.20. The van der Waals surface area contributed by atoms with Crippen LogP contribution < -0.4 is 5.32 Å². The predicted octanol–water partition coefficient (Wildman–Crippen LogP) is 3.72. The molecule has 1 aromatic rings. The molecule has 0 heterocycles. The van der Waals surface area contributed by atoms with Gasteiger partial charge in [-0.15, -0.1) is 6.42 Å². The lowest BCUT2D eigenvalue weighted by Crippen LogP contribution is -2.19. The lowest BCUT2D eigenvalue weighted by Gasteiger charge is -2.25. The molecule has 1 nitrogen and oxygen atoms in total. The summed E-state index contributed by atoms with van der Waals surface area (Å²) in [7, 11) is 0. The quantitative estimate of drug-likeness (QED) is 0.779. The normalized spacial score (nSPS) is 10.8. The molecule has 2 heteroatoms. The minimum Gasteiger partial charge on any atom is -0.383 e. The van der Waals surface area contributed by atoms with E-state index in [0.29, 0.717) is 17.8 Å². The third-order valence-corrected chi connectivity index (χ3v) is 2.98. The standard InChI is InChI=1S/C15H18FN/c1-6-11(3)15(4,5)12-8-9-13(16)14(10-12)17-7-2/h1,8-10,17H,3,7H2,2,4-5H3. The van der Waals surface area contributed by atoms with Crippen molar-refractivity contribution in [2.45, 2.75) is 26.2 Å². The summed E-state index contributed by atoms with van der Waals surface area (Å²) < 4.78 is 13.5. The van der Waals surface area contributed by atoms with Gasteiger partial charge in [0.15, 0.2) is 0 Å². The van der Waals surface area contributed by atoms with E-state index >= 15 is 0 Å². The molecular weight excluding hydrogens is 213 g/mol. The fourth-order valence-electron chi connectivity index (χ4n) is 1.59. The van der Waals surface area contributed by atoms with E-state index < -0.39 is 0 Å². The Morgan fingerprint density at radius 1 is 1.53 bits per heavy atom. The number of hydrogen-bond acceptors (Lipinski definition) is 1. The minimum absolute atomic E-state index is 0.252. The van der Waals surface area contributed by atoms with Crippen LogP contribution in [0.5, 0.6) is 0 Å². The summed E-state index contributed by atoms with van der Waals surface area (Å²) in [4.78, 5) is 0. The smallest absolute Gasteiger partial charge is 0.146 e. The molecule has 0 aliphatic carbocycles. The van der Waals surface area contributed by atoms with Crippen molar-refractivity contribution in [2.75, 3.05) is 11.9 Å². The Labute approximate surface area is 103 Å². The van der Waals surface area contributed by atoms with Crippen molar-refractivity contribution in [2.24, 2.45) is 0 Å². The Hall–Kier alpha value is -1.75. The molecule has 0 radical (unpaired) electrons.